The fourth-order valence-corrected chi connectivity index (χ4v) is 8.44. The van der Waals surface area contributed by atoms with E-state index in [-0.39, 0.29) is 0 Å². The quantitative estimate of drug-likeness (QED) is 0.171. The summed E-state index contributed by atoms with van der Waals surface area (Å²) in [6.45, 7) is 0. The molecule has 2 heteroatoms. The van der Waals surface area contributed by atoms with Crippen LogP contribution in [0.15, 0.2) is 217 Å². The van der Waals surface area contributed by atoms with Crippen molar-refractivity contribution in [2.24, 2.45) is 0 Å². The average molecular weight is 714 g/mol. The lowest BCUT2D eigenvalue weighted by atomic mass is 9.94. The second kappa shape index (κ2) is 13.2. The maximum absolute atomic E-state index is 6.51. The van der Waals surface area contributed by atoms with Gasteiger partial charge in [-0.25, -0.2) is 0 Å². The van der Waals surface area contributed by atoms with E-state index in [1.807, 2.05) is 6.07 Å². The van der Waals surface area contributed by atoms with Crippen LogP contribution >= 0.6 is 0 Å². The van der Waals surface area contributed by atoms with E-state index >= 15 is 0 Å². The molecule has 0 amide bonds. The van der Waals surface area contributed by atoms with Gasteiger partial charge in [-0.05, 0) is 109 Å². The maximum Gasteiger partial charge on any atom is 0.143 e. The van der Waals surface area contributed by atoms with E-state index in [9.17, 15) is 0 Å². The minimum absolute atomic E-state index is 0.909. The van der Waals surface area contributed by atoms with Crippen molar-refractivity contribution in [2.45, 2.75) is 0 Å². The van der Waals surface area contributed by atoms with Crippen molar-refractivity contribution < 1.29 is 4.42 Å². The van der Waals surface area contributed by atoms with Crippen molar-refractivity contribution in [3.8, 4) is 33.4 Å². The Hall–Kier alpha value is -7.42. The molecule has 11 rings (SSSR count). The molecule has 0 bridgehead atoms. The largest absolute Gasteiger partial charge is 0.455 e. The standard InChI is InChI=1S/C54H35NO/c1-3-12-40-34-42(22-20-36(40)10-1)38-24-28-44(29-25-38)55(45-30-26-39(27-31-45)43-23-21-37-11-2-4-13-41(37)35-43)52-18-7-5-14-48(52)46-16-9-17-50-47(46)32-33-51-49-15-6-8-19-53(49)56-54(50)51/h1-35H. The number of nitrogens with zero attached hydrogens (tertiary/aromatic N) is 1. The Labute approximate surface area is 325 Å². The maximum atomic E-state index is 6.51. The van der Waals surface area contributed by atoms with Gasteiger partial charge in [0.2, 0.25) is 0 Å². The molecular weight excluding hydrogens is 679 g/mol. The Kier molecular flexibility index (Phi) is 7.53. The number of benzene rings is 10. The zero-order valence-electron chi connectivity index (χ0n) is 30.6. The third kappa shape index (κ3) is 5.42. The van der Waals surface area contributed by atoms with Crippen LogP contribution in [0.25, 0.3) is 87.6 Å². The molecule has 0 unspecified atom stereocenters. The zero-order valence-corrected chi connectivity index (χ0v) is 30.6. The molecule has 0 fully saturated rings. The fourth-order valence-electron chi connectivity index (χ4n) is 8.44. The fraction of sp³-hybridized carbons (Fsp3) is 0. The van der Waals surface area contributed by atoms with Crippen LogP contribution in [-0.4, -0.2) is 0 Å². The van der Waals surface area contributed by atoms with Crippen LogP contribution in [-0.2, 0) is 0 Å². The molecule has 0 radical (unpaired) electrons. The molecule has 56 heavy (non-hydrogen) atoms. The molecule has 0 atom stereocenters. The Morgan fingerprint density at radius 2 is 0.786 bits per heavy atom. The van der Waals surface area contributed by atoms with Gasteiger partial charge in [-0.3, -0.25) is 0 Å². The van der Waals surface area contributed by atoms with E-state index in [2.05, 4.69) is 211 Å². The Bertz CT molecular complexity index is 3120. The first-order chi connectivity index (χ1) is 27.7. The van der Waals surface area contributed by atoms with Crippen LogP contribution in [0.4, 0.5) is 17.1 Å². The first kappa shape index (κ1) is 32.0. The summed E-state index contributed by atoms with van der Waals surface area (Å²) in [6, 6.07) is 76.6. The van der Waals surface area contributed by atoms with E-state index in [0.29, 0.717) is 0 Å². The summed E-state index contributed by atoms with van der Waals surface area (Å²) >= 11 is 0. The highest BCUT2D eigenvalue weighted by Gasteiger charge is 2.20. The lowest BCUT2D eigenvalue weighted by Crippen LogP contribution is -2.11. The summed E-state index contributed by atoms with van der Waals surface area (Å²) in [5.74, 6) is 0. The van der Waals surface area contributed by atoms with Crippen LogP contribution in [0.3, 0.4) is 0 Å². The van der Waals surface area contributed by atoms with Crippen LogP contribution in [0.5, 0.6) is 0 Å². The van der Waals surface area contributed by atoms with Gasteiger partial charge in [0.05, 0.1) is 5.69 Å². The van der Waals surface area contributed by atoms with E-state index in [0.717, 1.165) is 60.9 Å². The SMILES string of the molecule is c1ccc(N(c2ccc(-c3ccc4ccccc4c3)cc2)c2ccc(-c3ccc4ccccc4c3)cc2)c(-c2cccc3c2ccc2c4ccccc4oc32)c1. The molecule has 0 saturated carbocycles. The molecular formula is C54H35NO. The topological polar surface area (TPSA) is 16.4 Å². The van der Waals surface area contributed by atoms with E-state index in [1.54, 1.807) is 0 Å². The van der Waals surface area contributed by atoms with Crippen LogP contribution in [0.2, 0.25) is 0 Å². The molecule has 0 saturated heterocycles. The predicted molar refractivity (Wildman–Crippen MR) is 237 cm³/mol. The molecule has 10 aromatic carbocycles. The summed E-state index contributed by atoms with van der Waals surface area (Å²) in [6.07, 6.45) is 0. The molecule has 2 nitrogen and oxygen atoms in total. The van der Waals surface area contributed by atoms with Crippen LogP contribution in [0, 0.1) is 0 Å². The Morgan fingerprint density at radius 1 is 0.304 bits per heavy atom. The summed E-state index contributed by atoms with van der Waals surface area (Å²) < 4.78 is 6.51. The first-order valence-corrected chi connectivity index (χ1v) is 19.2. The van der Waals surface area contributed by atoms with Crippen molar-refractivity contribution >= 4 is 71.3 Å². The summed E-state index contributed by atoms with van der Waals surface area (Å²) in [4.78, 5) is 2.39. The van der Waals surface area contributed by atoms with Gasteiger partial charge in [0.15, 0.2) is 0 Å². The van der Waals surface area contributed by atoms with Gasteiger partial charge in [-0.1, -0.05) is 158 Å². The lowest BCUT2D eigenvalue weighted by Gasteiger charge is -2.28. The highest BCUT2D eigenvalue weighted by atomic mass is 16.3. The summed E-state index contributed by atoms with van der Waals surface area (Å²) in [5.41, 5.74) is 12.2. The highest BCUT2D eigenvalue weighted by molar-refractivity contribution is 6.18. The van der Waals surface area contributed by atoms with Crippen molar-refractivity contribution in [3.05, 3.63) is 212 Å². The van der Waals surface area contributed by atoms with Gasteiger partial charge in [-0.15, -0.1) is 0 Å². The summed E-state index contributed by atoms with van der Waals surface area (Å²) in [5, 5.41) is 9.52. The van der Waals surface area contributed by atoms with E-state index in [1.165, 1.54) is 43.8 Å². The molecule has 0 aliphatic rings. The van der Waals surface area contributed by atoms with Crippen molar-refractivity contribution in [3.63, 3.8) is 0 Å². The molecule has 11 aromatic rings. The number of rotatable bonds is 6. The molecule has 0 N–H and O–H groups in total. The predicted octanol–water partition coefficient (Wildman–Crippen LogP) is 15.5. The van der Waals surface area contributed by atoms with Gasteiger partial charge < -0.3 is 9.32 Å². The normalized spacial score (nSPS) is 11.6. The monoisotopic (exact) mass is 713 g/mol. The number of para-hydroxylation sites is 2. The van der Waals surface area contributed by atoms with Crippen molar-refractivity contribution in [1.29, 1.82) is 0 Å². The minimum atomic E-state index is 0.909. The first-order valence-electron chi connectivity index (χ1n) is 19.2. The van der Waals surface area contributed by atoms with Gasteiger partial charge in [0.1, 0.15) is 11.2 Å². The third-order valence-electron chi connectivity index (χ3n) is 11.3. The number of hydrogen-bond acceptors (Lipinski definition) is 2. The van der Waals surface area contributed by atoms with Crippen molar-refractivity contribution in [1.82, 2.24) is 0 Å². The smallest absolute Gasteiger partial charge is 0.143 e. The molecule has 262 valence electrons. The highest BCUT2D eigenvalue weighted by Crippen LogP contribution is 2.45. The number of anilines is 3. The molecule has 0 aliphatic heterocycles. The number of fused-ring (bicyclic) bond motifs is 7. The second-order valence-electron chi connectivity index (χ2n) is 14.5. The molecule has 1 heterocycles. The Balaban J connectivity index is 1.06. The number of furan rings is 1. The minimum Gasteiger partial charge on any atom is -0.455 e. The average Bonchev–Trinajstić information content (AvgIpc) is 3.66. The zero-order chi connectivity index (χ0) is 37.0. The second-order valence-corrected chi connectivity index (χ2v) is 14.5. The Morgan fingerprint density at radius 3 is 1.45 bits per heavy atom. The van der Waals surface area contributed by atoms with Gasteiger partial charge >= 0.3 is 0 Å². The molecule has 0 spiro atoms. The lowest BCUT2D eigenvalue weighted by molar-refractivity contribution is 0.672. The van der Waals surface area contributed by atoms with Gasteiger partial charge in [0.25, 0.3) is 0 Å². The van der Waals surface area contributed by atoms with E-state index in [4.69, 9.17) is 4.42 Å². The summed E-state index contributed by atoms with van der Waals surface area (Å²) in [7, 11) is 0. The third-order valence-corrected chi connectivity index (χ3v) is 11.3. The van der Waals surface area contributed by atoms with Crippen LogP contribution < -0.4 is 4.90 Å². The van der Waals surface area contributed by atoms with Crippen LogP contribution in [0.1, 0.15) is 0 Å². The molecule has 0 aliphatic carbocycles. The van der Waals surface area contributed by atoms with Gasteiger partial charge in [-0.2, -0.15) is 0 Å². The van der Waals surface area contributed by atoms with Crippen molar-refractivity contribution in [2.75, 3.05) is 4.90 Å². The number of hydrogen-bond donors (Lipinski definition) is 0. The molecule has 1 aromatic heterocycles. The van der Waals surface area contributed by atoms with E-state index < -0.39 is 0 Å². The van der Waals surface area contributed by atoms with Gasteiger partial charge in [0, 0.05) is 33.1 Å².